The van der Waals surface area contributed by atoms with Crippen molar-refractivity contribution in [2.45, 2.75) is 50.2 Å². The van der Waals surface area contributed by atoms with Crippen LogP contribution in [-0.4, -0.2) is 58.5 Å². The minimum absolute atomic E-state index is 0.0244. The normalized spacial score (nSPS) is 28.1. The number of carbonyl (C=O) groups is 2. The summed E-state index contributed by atoms with van der Waals surface area (Å²) < 4.78 is 2.17. The number of amides is 3. The summed E-state index contributed by atoms with van der Waals surface area (Å²) in [5.41, 5.74) is 0.799. The van der Waals surface area contributed by atoms with Crippen molar-refractivity contribution in [3.05, 3.63) is 24.0 Å². The van der Waals surface area contributed by atoms with Crippen LogP contribution in [0.2, 0.25) is 0 Å². The van der Waals surface area contributed by atoms with Crippen molar-refractivity contribution in [3.63, 3.8) is 0 Å². The summed E-state index contributed by atoms with van der Waals surface area (Å²) in [7, 11) is 1.84. The quantitative estimate of drug-likeness (QED) is 0.905. The van der Waals surface area contributed by atoms with Gasteiger partial charge in [0, 0.05) is 32.4 Å². The van der Waals surface area contributed by atoms with E-state index in [1.54, 1.807) is 4.90 Å². The van der Waals surface area contributed by atoms with E-state index in [0.29, 0.717) is 12.6 Å². The van der Waals surface area contributed by atoms with Crippen LogP contribution in [0.1, 0.15) is 48.6 Å². The molecule has 0 bridgehead atoms. The highest BCUT2D eigenvalue weighted by molar-refractivity contribution is 5.93. The van der Waals surface area contributed by atoms with Gasteiger partial charge in [-0.1, -0.05) is 12.8 Å². The number of fused-ring (bicyclic) bond motifs is 1. The molecular formula is C17H24N4O2. The van der Waals surface area contributed by atoms with E-state index in [2.05, 4.69) is 9.88 Å². The largest absolute Gasteiger partial charge is 0.340 e. The number of rotatable bonds is 2. The van der Waals surface area contributed by atoms with Crippen LogP contribution in [0.4, 0.5) is 4.79 Å². The fraction of sp³-hybridized carbons (Fsp3) is 0.647. The zero-order valence-electron chi connectivity index (χ0n) is 13.6. The Balaban J connectivity index is 1.50. The van der Waals surface area contributed by atoms with Gasteiger partial charge < -0.3 is 19.7 Å². The lowest BCUT2D eigenvalue weighted by atomic mass is 10.00. The van der Waals surface area contributed by atoms with Crippen molar-refractivity contribution in [1.82, 2.24) is 19.7 Å². The third kappa shape index (κ3) is 2.40. The standard InChI is InChI=1S/C17H24N4O2/c1-19-14-8-10-20(11-13(14)18-17(19)23)16(22)15-7-4-9-21(15)12-5-2-3-6-12/h4,7,9,12-14H,2-3,5-6,8,10-11H2,1H3,(H,18,23)/t13-,14+/m1/s1. The number of nitrogens with zero attached hydrogens (tertiary/aromatic N) is 3. The van der Waals surface area contributed by atoms with E-state index >= 15 is 0 Å². The molecular weight excluding hydrogens is 292 g/mol. The highest BCUT2D eigenvalue weighted by atomic mass is 16.2. The second kappa shape index (κ2) is 5.58. The maximum absolute atomic E-state index is 13.0. The van der Waals surface area contributed by atoms with E-state index in [1.165, 1.54) is 25.7 Å². The fourth-order valence-electron chi connectivity index (χ4n) is 4.38. The predicted octanol–water partition coefficient (Wildman–Crippen LogP) is 1.84. The molecule has 23 heavy (non-hydrogen) atoms. The Morgan fingerprint density at radius 2 is 2.04 bits per heavy atom. The third-order valence-electron chi connectivity index (χ3n) is 5.71. The smallest absolute Gasteiger partial charge is 0.317 e. The molecule has 0 unspecified atom stereocenters. The highest BCUT2D eigenvalue weighted by Gasteiger charge is 2.42. The molecule has 2 atom stereocenters. The van der Waals surface area contributed by atoms with Crippen LogP contribution in [0.15, 0.2) is 18.3 Å². The number of likely N-dealkylation sites (tertiary alicyclic amines) is 1. The van der Waals surface area contributed by atoms with Gasteiger partial charge in [-0.05, 0) is 31.4 Å². The Morgan fingerprint density at radius 1 is 1.26 bits per heavy atom. The van der Waals surface area contributed by atoms with Crippen LogP contribution >= 0.6 is 0 Å². The van der Waals surface area contributed by atoms with Crippen LogP contribution in [0.3, 0.4) is 0 Å². The molecule has 1 aromatic rings. The van der Waals surface area contributed by atoms with Crippen LogP contribution < -0.4 is 5.32 Å². The summed E-state index contributed by atoms with van der Waals surface area (Å²) in [4.78, 5) is 28.4. The number of aromatic nitrogens is 1. The van der Waals surface area contributed by atoms with Crippen molar-refractivity contribution in [2.24, 2.45) is 0 Å². The zero-order chi connectivity index (χ0) is 16.0. The molecule has 6 heteroatoms. The summed E-state index contributed by atoms with van der Waals surface area (Å²) in [6.07, 6.45) is 7.72. The molecule has 4 rings (SSSR count). The van der Waals surface area contributed by atoms with Gasteiger partial charge in [0.1, 0.15) is 5.69 Å². The molecule has 124 valence electrons. The number of hydrogen-bond acceptors (Lipinski definition) is 2. The monoisotopic (exact) mass is 316 g/mol. The highest BCUT2D eigenvalue weighted by Crippen LogP contribution is 2.31. The molecule has 1 saturated carbocycles. The molecule has 6 nitrogen and oxygen atoms in total. The fourth-order valence-corrected chi connectivity index (χ4v) is 4.38. The van der Waals surface area contributed by atoms with Crippen LogP contribution in [-0.2, 0) is 0 Å². The van der Waals surface area contributed by atoms with Gasteiger partial charge >= 0.3 is 6.03 Å². The summed E-state index contributed by atoms with van der Waals surface area (Å²) in [5, 5.41) is 2.99. The molecule has 3 fully saturated rings. The predicted molar refractivity (Wildman–Crippen MR) is 86.3 cm³/mol. The maximum atomic E-state index is 13.0. The molecule has 0 aromatic carbocycles. The molecule has 2 saturated heterocycles. The minimum Gasteiger partial charge on any atom is -0.340 e. The first-order chi connectivity index (χ1) is 11.1. The molecule has 3 amide bonds. The Morgan fingerprint density at radius 3 is 2.83 bits per heavy atom. The van der Waals surface area contributed by atoms with Crippen molar-refractivity contribution in [2.75, 3.05) is 20.1 Å². The Hall–Kier alpha value is -1.98. The average Bonchev–Trinajstić information content (AvgIpc) is 3.27. The third-order valence-corrected chi connectivity index (χ3v) is 5.71. The number of likely N-dealkylation sites (N-methyl/N-ethyl adjacent to an activating group) is 1. The summed E-state index contributed by atoms with van der Waals surface area (Å²) >= 11 is 0. The molecule has 3 heterocycles. The average molecular weight is 316 g/mol. The number of hydrogen-bond donors (Lipinski definition) is 1. The van der Waals surface area contributed by atoms with E-state index in [9.17, 15) is 9.59 Å². The van der Waals surface area contributed by atoms with E-state index in [1.807, 2.05) is 30.3 Å². The molecule has 1 N–H and O–H groups in total. The molecule has 1 aromatic heterocycles. The van der Waals surface area contributed by atoms with Gasteiger partial charge in [-0.25, -0.2) is 4.79 Å². The van der Waals surface area contributed by atoms with Gasteiger partial charge in [-0.2, -0.15) is 0 Å². The number of piperidine rings is 1. The second-order valence-corrected chi connectivity index (χ2v) is 7.01. The lowest BCUT2D eigenvalue weighted by Gasteiger charge is -2.36. The van der Waals surface area contributed by atoms with Gasteiger partial charge in [-0.3, -0.25) is 4.79 Å². The van der Waals surface area contributed by atoms with Crippen molar-refractivity contribution in [3.8, 4) is 0 Å². The first kappa shape index (κ1) is 14.6. The van der Waals surface area contributed by atoms with Gasteiger partial charge in [0.15, 0.2) is 0 Å². The second-order valence-electron chi connectivity index (χ2n) is 7.01. The molecule has 1 aliphatic carbocycles. The van der Waals surface area contributed by atoms with Gasteiger partial charge in [0.2, 0.25) is 0 Å². The van der Waals surface area contributed by atoms with Crippen LogP contribution in [0, 0.1) is 0 Å². The lowest BCUT2D eigenvalue weighted by Crippen LogP contribution is -2.52. The zero-order valence-corrected chi connectivity index (χ0v) is 13.6. The first-order valence-corrected chi connectivity index (χ1v) is 8.64. The summed E-state index contributed by atoms with van der Waals surface area (Å²) in [6.45, 7) is 1.32. The molecule has 0 radical (unpaired) electrons. The number of carbonyl (C=O) groups excluding carboxylic acids is 2. The van der Waals surface area contributed by atoms with Crippen LogP contribution in [0.5, 0.6) is 0 Å². The Bertz CT molecular complexity index is 620. The van der Waals surface area contributed by atoms with E-state index in [0.717, 1.165) is 18.7 Å². The molecule has 3 aliphatic rings. The van der Waals surface area contributed by atoms with E-state index in [-0.39, 0.29) is 24.0 Å². The summed E-state index contributed by atoms with van der Waals surface area (Å²) in [5.74, 6) is 0.101. The van der Waals surface area contributed by atoms with Crippen molar-refractivity contribution >= 4 is 11.9 Å². The van der Waals surface area contributed by atoms with Gasteiger partial charge in [0.05, 0.1) is 12.1 Å². The summed E-state index contributed by atoms with van der Waals surface area (Å²) in [6, 6.07) is 4.63. The number of nitrogens with one attached hydrogen (secondary N) is 1. The van der Waals surface area contributed by atoms with Crippen molar-refractivity contribution in [1.29, 1.82) is 0 Å². The topological polar surface area (TPSA) is 57.6 Å². The number of urea groups is 1. The molecule has 0 spiro atoms. The Kier molecular flexibility index (Phi) is 3.54. The van der Waals surface area contributed by atoms with Gasteiger partial charge in [-0.15, -0.1) is 0 Å². The van der Waals surface area contributed by atoms with E-state index < -0.39 is 0 Å². The SMILES string of the molecule is CN1C(=O)N[C@@H]2CN(C(=O)c3cccn3C3CCCC3)CC[C@@H]21. The van der Waals surface area contributed by atoms with Crippen LogP contribution in [0.25, 0.3) is 0 Å². The van der Waals surface area contributed by atoms with E-state index in [4.69, 9.17) is 0 Å². The van der Waals surface area contributed by atoms with Gasteiger partial charge in [0.25, 0.3) is 5.91 Å². The minimum atomic E-state index is -0.0244. The maximum Gasteiger partial charge on any atom is 0.317 e. The lowest BCUT2D eigenvalue weighted by molar-refractivity contribution is 0.0653. The van der Waals surface area contributed by atoms with Crippen molar-refractivity contribution < 1.29 is 9.59 Å². The first-order valence-electron chi connectivity index (χ1n) is 8.64. The molecule has 2 aliphatic heterocycles. The Labute approximate surface area is 136 Å².